The zero-order valence-corrected chi connectivity index (χ0v) is 17.9. The highest BCUT2D eigenvalue weighted by atomic mass is 35.5. The second kappa shape index (κ2) is 7.58. The van der Waals surface area contributed by atoms with E-state index in [-0.39, 0.29) is 9.79 Å². The number of anilines is 1. The molecule has 3 aromatic rings. The molecule has 2 aromatic carbocycles. The molecule has 1 aliphatic rings. The Hall–Kier alpha value is -2.18. The van der Waals surface area contributed by atoms with Crippen molar-refractivity contribution in [2.75, 3.05) is 18.0 Å². The Bertz CT molecular complexity index is 1190. The average molecular weight is 433 g/mol. The van der Waals surface area contributed by atoms with E-state index in [0.29, 0.717) is 33.1 Å². The summed E-state index contributed by atoms with van der Waals surface area (Å²) in [6.45, 7) is 5.30. The van der Waals surface area contributed by atoms with Crippen molar-refractivity contribution in [1.29, 1.82) is 0 Å². The number of pyridine rings is 1. The molecule has 1 aliphatic heterocycles. The van der Waals surface area contributed by atoms with Crippen LogP contribution in [0.4, 0.5) is 10.1 Å². The lowest BCUT2D eigenvalue weighted by Crippen LogP contribution is -2.34. The minimum atomic E-state index is -3.96. The highest BCUT2D eigenvalue weighted by molar-refractivity contribution is 7.91. The van der Waals surface area contributed by atoms with E-state index >= 15 is 0 Å². The molecule has 0 unspecified atom stereocenters. The molecule has 0 amide bonds. The van der Waals surface area contributed by atoms with Crippen molar-refractivity contribution in [3.8, 4) is 0 Å². The van der Waals surface area contributed by atoms with Crippen LogP contribution in [0.15, 0.2) is 52.4 Å². The number of aryl methyl sites for hydroxylation is 1. The van der Waals surface area contributed by atoms with Gasteiger partial charge in [-0.3, -0.25) is 4.98 Å². The summed E-state index contributed by atoms with van der Waals surface area (Å²) < 4.78 is 41.1. The molecular weight excluding hydrogens is 411 g/mol. The molecule has 0 atom stereocenters. The molecule has 0 saturated carbocycles. The van der Waals surface area contributed by atoms with Crippen molar-refractivity contribution in [2.45, 2.75) is 36.5 Å². The van der Waals surface area contributed by atoms with Crippen LogP contribution < -0.4 is 4.90 Å². The van der Waals surface area contributed by atoms with E-state index in [4.69, 9.17) is 11.6 Å². The predicted octanol–water partition coefficient (Wildman–Crippen LogP) is 5.40. The van der Waals surface area contributed by atoms with Gasteiger partial charge in [-0.1, -0.05) is 24.6 Å². The third-order valence-electron chi connectivity index (χ3n) is 5.61. The molecule has 0 bridgehead atoms. The Morgan fingerprint density at radius 3 is 2.55 bits per heavy atom. The van der Waals surface area contributed by atoms with Crippen LogP contribution in [-0.4, -0.2) is 26.5 Å². The highest BCUT2D eigenvalue weighted by Crippen LogP contribution is 2.38. The van der Waals surface area contributed by atoms with Crippen LogP contribution in [0, 0.1) is 18.7 Å². The first-order valence-corrected chi connectivity index (χ1v) is 11.5. The molecule has 4 rings (SSSR count). The Morgan fingerprint density at radius 1 is 1.14 bits per heavy atom. The van der Waals surface area contributed by atoms with Crippen molar-refractivity contribution >= 4 is 38.0 Å². The zero-order valence-electron chi connectivity index (χ0n) is 16.3. The Kier molecular flexibility index (Phi) is 5.25. The Morgan fingerprint density at radius 2 is 1.86 bits per heavy atom. The summed E-state index contributed by atoms with van der Waals surface area (Å²) in [4.78, 5) is 6.48. The number of nitrogens with zero attached hydrogens (tertiary/aromatic N) is 2. The number of hydrogen-bond acceptors (Lipinski definition) is 4. The molecular formula is C22H22ClFN2O2S. The third kappa shape index (κ3) is 3.71. The van der Waals surface area contributed by atoms with Gasteiger partial charge in [0.15, 0.2) is 0 Å². The summed E-state index contributed by atoms with van der Waals surface area (Å²) in [7, 11) is -3.96. The fourth-order valence-corrected chi connectivity index (χ4v) is 5.37. The molecule has 0 aliphatic carbocycles. The van der Waals surface area contributed by atoms with Crippen molar-refractivity contribution in [3.05, 3.63) is 59.0 Å². The number of benzene rings is 2. The topological polar surface area (TPSA) is 50.3 Å². The predicted molar refractivity (Wildman–Crippen MR) is 114 cm³/mol. The van der Waals surface area contributed by atoms with E-state index in [1.807, 2.05) is 0 Å². The average Bonchev–Trinajstić information content (AvgIpc) is 2.69. The normalized spacial score (nSPS) is 15.8. The maximum absolute atomic E-state index is 14.1. The van der Waals surface area contributed by atoms with Crippen molar-refractivity contribution in [1.82, 2.24) is 4.98 Å². The summed E-state index contributed by atoms with van der Waals surface area (Å²) >= 11 is 6.23. The molecule has 0 spiro atoms. The summed E-state index contributed by atoms with van der Waals surface area (Å²) in [6.07, 6.45) is 3.34. The number of fused-ring (bicyclic) bond motifs is 1. The van der Waals surface area contributed by atoms with Crippen LogP contribution in [0.3, 0.4) is 0 Å². The van der Waals surface area contributed by atoms with E-state index in [9.17, 15) is 12.8 Å². The number of sulfone groups is 1. The number of aromatic nitrogens is 1. The van der Waals surface area contributed by atoms with E-state index < -0.39 is 15.7 Å². The van der Waals surface area contributed by atoms with Gasteiger partial charge in [-0.05, 0) is 61.6 Å². The Labute approximate surface area is 175 Å². The van der Waals surface area contributed by atoms with Gasteiger partial charge in [-0.15, -0.1) is 0 Å². The van der Waals surface area contributed by atoms with Gasteiger partial charge in [0.05, 0.1) is 16.1 Å². The van der Waals surface area contributed by atoms with Crippen LogP contribution in [0.5, 0.6) is 0 Å². The molecule has 1 fully saturated rings. The summed E-state index contributed by atoms with van der Waals surface area (Å²) in [5, 5.41) is 1.21. The molecule has 29 heavy (non-hydrogen) atoms. The van der Waals surface area contributed by atoms with Crippen LogP contribution in [-0.2, 0) is 9.84 Å². The van der Waals surface area contributed by atoms with Gasteiger partial charge in [-0.25, -0.2) is 12.8 Å². The van der Waals surface area contributed by atoms with Crippen molar-refractivity contribution in [2.24, 2.45) is 5.92 Å². The standard InChI is InChI=1S/C22H22ClFN2O2S/c1-14-7-9-26(10-8-14)22-18-11-16(23)4-6-20(18)25-13-21(22)29(27,28)17-5-3-15(2)19(24)12-17/h3-6,11-14H,7-10H2,1-2H3. The number of hydrogen-bond donors (Lipinski definition) is 0. The molecule has 4 nitrogen and oxygen atoms in total. The lowest BCUT2D eigenvalue weighted by atomic mass is 9.98. The summed E-state index contributed by atoms with van der Waals surface area (Å²) in [5.41, 5.74) is 1.68. The number of piperidine rings is 1. The molecule has 0 N–H and O–H groups in total. The first-order chi connectivity index (χ1) is 13.8. The number of rotatable bonds is 3. The third-order valence-corrected chi connectivity index (χ3v) is 7.60. The lowest BCUT2D eigenvalue weighted by molar-refractivity contribution is 0.437. The van der Waals surface area contributed by atoms with E-state index in [0.717, 1.165) is 32.0 Å². The highest BCUT2D eigenvalue weighted by Gasteiger charge is 2.29. The fraction of sp³-hybridized carbons (Fsp3) is 0.318. The molecule has 1 saturated heterocycles. The van der Waals surface area contributed by atoms with E-state index in [1.54, 1.807) is 25.1 Å². The van der Waals surface area contributed by atoms with Gasteiger partial charge in [0, 0.05) is 29.7 Å². The van der Waals surface area contributed by atoms with E-state index in [2.05, 4.69) is 16.8 Å². The van der Waals surface area contributed by atoms with Gasteiger partial charge in [0.25, 0.3) is 0 Å². The van der Waals surface area contributed by atoms with Crippen molar-refractivity contribution in [3.63, 3.8) is 0 Å². The lowest BCUT2D eigenvalue weighted by Gasteiger charge is -2.34. The molecule has 7 heteroatoms. The van der Waals surface area contributed by atoms with Crippen LogP contribution in [0.25, 0.3) is 10.9 Å². The molecule has 152 valence electrons. The second-order valence-corrected chi connectivity index (χ2v) is 10.1. The van der Waals surface area contributed by atoms with E-state index in [1.165, 1.54) is 18.3 Å². The van der Waals surface area contributed by atoms with Gasteiger partial charge in [0.2, 0.25) is 9.84 Å². The largest absolute Gasteiger partial charge is 0.370 e. The SMILES string of the molecule is Cc1ccc(S(=O)(=O)c2cnc3ccc(Cl)cc3c2N2CCC(C)CC2)cc1F. The second-order valence-electron chi connectivity index (χ2n) is 7.72. The minimum Gasteiger partial charge on any atom is -0.370 e. The summed E-state index contributed by atoms with van der Waals surface area (Å²) in [6, 6.07) is 9.28. The van der Waals surface area contributed by atoms with Crippen LogP contribution in [0.1, 0.15) is 25.3 Å². The monoisotopic (exact) mass is 432 g/mol. The minimum absolute atomic E-state index is 0.0737. The van der Waals surface area contributed by atoms with Gasteiger partial charge < -0.3 is 4.90 Å². The molecule has 2 heterocycles. The first-order valence-electron chi connectivity index (χ1n) is 9.62. The van der Waals surface area contributed by atoms with Crippen LogP contribution in [0.2, 0.25) is 5.02 Å². The number of halogens is 2. The fourth-order valence-electron chi connectivity index (χ4n) is 3.76. The maximum Gasteiger partial charge on any atom is 0.210 e. The summed E-state index contributed by atoms with van der Waals surface area (Å²) in [5.74, 6) is 0.0467. The maximum atomic E-state index is 14.1. The Balaban J connectivity index is 1.96. The molecule has 0 radical (unpaired) electrons. The van der Waals surface area contributed by atoms with Gasteiger partial charge >= 0.3 is 0 Å². The van der Waals surface area contributed by atoms with Gasteiger partial charge in [-0.2, -0.15) is 0 Å². The quantitative estimate of drug-likeness (QED) is 0.555. The first kappa shape index (κ1) is 20.1. The smallest absolute Gasteiger partial charge is 0.210 e. The van der Waals surface area contributed by atoms with Gasteiger partial charge in [0.1, 0.15) is 10.7 Å². The van der Waals surface area contributed by atoms with Crippen LogP contribution >= 0.6 is 11.6 Å². The zero-order chi connectivity index (χ0) is 20.8. The molecule has 1 aromatic heterocycles. The van der Waals surface area contributed by atoms with Crippen molar-refractivity contribution < 1.29 is 12.8 Å².